The van der Waals surface area contributed by atoms with E-state index in [9.17, 15) is 0 Å². The van der Waals surface area contributed by atoms with Crippen LogP contribution in [0.4, 0.5) is 17.1 Å². The average Bonchev–Trinajstić information content (AvgIpc) is 3.01. The summed E-state index contributed by atoms with van der Waals surface area (Å²) in [6.45, 7) is 5.15. The third-order valence-corrected chi connectivity index (χ3v) is 7.13. The number of rotatable bonds is 12. The first-order valence-corrected chi connectivity index (χ1v) is 13.8. The highest BCUT2D eigenvalue weighted by Gasteiger charge is 2.09. The molecule has 40 heavy (non-hydrogen) atoms. The molecule has 3 aromatic heterocycles. The monoisotopic (exact) mass is 527 g/mol. The maximum absolute atomic E-state index is 4.59. The molecule has 0 aliphatic rings. The van der Waals surface area contributed by atoms with Crippen LogP contribution in [-0.4, -0.2) is 59.1 Å². The van der Waals surface area contributed by atoms with Gasteiger partial charge in [0, 0.05) is 74.0 Å². The van der Waals surface area contributed by atoms with Crippen molar-refractivity contribution in [3.05, 3.63) is 110 Å². The number of nitrogens with one attached hydrogen (secondary N) is 3. The molecule has 3 aromatic carbocycles. The second kappa shape index (κ2) is 12.4. The van der Waals surface area contributed by atoms with Gasteiger partial charge < -0.3 is 16.0 Å². The lowest BCUT2D eigenvalue weighted by Gasteiger charge is -2.24. The molecule has 0 amide bonds. The molecule has 0 unspecified atom stereocenters. The van der Waals surface area contributed by atoms with E-state index in [2.05, 4.69) is 109 Å². The summed E-state index contributed by atoms with van der Waals surface area (Å²) in [6, 6.07) is 31.1. The Bertz CT molecular complexity index is 1500. The van der Waals surface area contributed by atoms with Crippen LogP contribution in [0.25, 0.3) is 32.7 Å². The molecule has 0 atom stereocenters. The van der Waals surface area contributed by atoms with Crippen molar-refractivity contribution in [1.29, 1.82) is 0 Å². The molecule has 3 heterocycles. The van der Waals surface area contributed by atoms with Gasteiger partial charge in [0.15, 0.2) is 0 Å². The molecule has 0 saturated heterocycles. The largest absolute Gasteiger partial charge is 0.382 e. The first kappa shape index (κ1) is 25.5. The molecule has 3 N–H and O–H groups in total. The van der Waals surface area contributed by atoms with Gasteiger partial charge in [-0.1, -0.05) is 54.6 Å². The van der Waals surface area contributed by atoms with Gasteiger partial charge in [-0.3, -0.25) is 19.9 Å². The first-order chi connectivity index (χ1) is 19.8. The predicted octanol–water partition coefficient (Wildman–Crippen LogP) is 6.27. The van der Waals surface area contributed by atoms with Crippen LogP contribution in [0.5, 0.6) is 0 Å². The van der Waals surface area contributed by atoms with Crippen molar-refractivity contribution in [3.63, 3.8) is 0 Å². The highest BCUT2D eigenvalue weighted by Crippen LogP contribution is 2.22. The number of anilines is 3. The molecule has 200 valence electrons. The van der Waals surface area contributed by atoms with Crippen molar-refractivity contribution in [2.45, 2.75) is 0 Å². The number of hydrogen-bond acceptors (Lipinski definition) is 7. The van der Waals surface area contributed by atoms with Crippen LogP contribution in [0.15, 0.2) is 110 Å². The summed E-state index contributed by atoms with van der Waals surface area (Å²) in [7, 11) is 0. The summed E-state index contributed by atoms with van der Waals surface area (Å²) in [4.78, 5) is 16.2. The van der Waals surface area contributed by atoms with E-state index in [0.29, 0.717) is 0 Å². The molecule has 0 saturated carbocycles. The fourth-order valence-corrected chi connectivity index (χ4v) is 5.12. The van der Waals surface area contributed by atoms with Gasteiger partial charge in [-0.2, -0.15) is 0 Å². The number of pyridine rings is 3. The molecule has 6 aromatic rings. The zero-order valence-corrected chi connectivity index (χ0v) is 22.4. The van der Waals surface area contributed by atoms with Crippen molar-refractivity contribution < 1.29 is 0 Å². The van der Waals surface area contributed by atoms with Gasteiger partial charge in [0.25, 0.3) is 0 Å². The fraction of sp³-hybridized carbons (Fsp3) is 0.182. The molecular formula is C33H33N7. The van der Waals surface area contributed by atoms with E-state index in [1.165, 1.54) is 0 Å². The summed E-state index contributed by atoms with van der Waals surface area (Å²) in [5.74, 6) is 0. The smallest absolute Gasteiger partial charge is 0.0933 e. The number of para-hydroxylation sites is 3. The van der Waals surface area contributed by atoms with E-state index in [4.69, 9.17) is 0 Å². The lowest BCUT2D eigenvalue weighted by Crippen LogP contribution is -2.36. The number of benzene rings is 3. The van der Waals surface area contributed by atoms with Gasteiger partial charge in [0.2, 0.25) is 0 Å². The molecule has 7 nitrogen and oxygen atoms in total. The van der Waals surface area contributed by atoms with Crippen LogP contribution >= 0.6 is 0 Å². The Morgan fingerprint density at radius 3 is 1.10 bits per heavy atom. The Kier molecular flexibility index (Phi) is 7.92. The molecular weight excluding hydrogens is 494 g/mol. The number of aromatic nitrogens is 3. The quantitative estimate of drug-likeness (QED) is 0.173. The molecule has 0 fully saturated rings. The van der Waals surface area contributed by atoms with Crippen molar-refractivity contribution in [3.8, 4) is 0 Å². The second-order valence-corrected chi connectivity index (χ2v) is 9.76. The summed E-state index contributed by atoms with van der Waals surface area (Å²) < 4.78 is 0. The van der Waals surface area contributed by atoms with Crippen LogP contribution < -0.4 is 16.0 Å². The number of fused-ring (bicyclic) bond motifs is 3. The highest BCUT2D eigenvalue weighted by atomic mass is 15.2. The minimum absolute atomic E-state index is 0.821. The molecule has 6 rings (SSSR count). The zero-order valence-electron chi connectivity index (χ0n) is 22.4. The van der Waals surface area contributed by atoms with Crippen molar-refractivity contribution in [1.82, 2.24) is 19.9 Å². The van der Waals surface area contributed by atoms with Crippen LogP contribution in [0, 0.1) is 0 Å². The van der Waals surface area contributed by atoms with Crippen molar-refractivity contribution in [2.75, 3.05) is 55.2 Å². The lowest BCUT2D eigenvalue weighted by atomic mass is 10.2. The van der Waals surface area contributed by atoms with Crippen molar-refractivity contribution >= 4 is 49.8 Å². The third kappa shape index (κ3) is 5.95. The highest BCUT2D eigenvalue weighted by molar-refractivity contribution is 5.91. The Hall–Kier alpha value is -4.75. The van der Waals surface area contributed by atoms with Crippen LogP contribution in [0.2, 0.25) is 0 Å². The maximum Gasteiger partial charge on any atom is 0.0933 e. The average molecular weight is 528 g/mol. The van der Waals surface area contributed by atoms with Gasteiger partial charge >= 0.3 is 0 Å². The second-order valence-electron chi connectivity index (χ2n) is 9.76. The number of nitrogens with zero attached hydrogens (tertiary/aromatic N) is 4. The fourth-order valence-electron chi connectivity index (χ4n) is 5.12. The first-order valence-electron chi connectivity index (χ1n) is 13.8. The molecule has 0 aliphatic carbocycles. The van der Waals surface area contributed by atoms with Crippen LogP contribution in [0.3, 0.4) is 0 Å². The Morgan fingerprint density at radius 2 is 0.750 bits per heavy atom. The van der Waals surface area contributed by atoms with E-state index in [1.807, 2.05) is 36.8 Å². The predicted molar refractivity (Wildman–Crippen MR) is 167 cm³/mol. The van der Waals surface area contributed by atoms with E-state index in [1.54, 1.807) is 0 Å². The summed E-state index contributed by atoms with van der Waals surface area (Å²) in [5, 5.41) is 14.3. The van der Waals surface area contributed by atoms with Gasteiger partial charge in [-0.15, -0.1) is 0 Å². The minimum atomic E-state index is 0.821. The van der Waals surface area contributed by atoms with Crippen molar-refractivity contribution in [2.24, 2.45) is 0 Å². The Labute approximate surface area is 234 Å². The van der Waals surface area contributed by atoms with Crippen LogP contribution in [-0.2, 0) is 0 Å². The lowest BCUT2D eigenvalue weighted by molar-refractivity contribution is 0.306. The molecule has 0 spiro atoms. The molecule has 7 heteroatoms. The van der Waals surface area contributed by atoms with Gasteiger partial charge in [-0.05, 0) is 36.4 Å². The third-order valence-electron chi connectivity index (χ3n) is 7.13. The molecule has 0 aliphatic heterocycles. The summed E-state index contributed by atoms with van der Waals surface area (Å²) in [6.07, 6.45) is 5.55. The standard InChI is InChI=1S/C33H33N7/c1-7-25-10-4-16-37-31(25)28(13-1)34-19-22-40(23-20-35-29-14-2-8-26-11-5-17-38-32(26)29)24-21-36-30-15-3-9-27-12-6-18-39-33(27)30/h1-18,34-36H,19-24H2. The van der Waals surface area contributed by atoms with E-state index < -0.39 is 0 Å². The van der Waals surface area contributed by atoms with E-state index in [-0.39, 0.29) is 0 Å². The maximum atomic E-state index is 4.59. The normalized spacial score (nSPS) is 11.3. The van der Waals surface area contributed by atoms with E-state index >= 15 is 0 Å². The SMILES string of the molecule is c1cnc2c(NCCN(CCNc3cccc4cccnc34)CCNc3cccc4cccnc34)cccc2c1. The topological polar surface area (TPSA) is 78.0 Å². The van der Waals surface area contributed by atoms with Gasteiger partial charge in [0.05, 0.1) is 33.6 Å². The van der Waals surface area contributed by atoms with Gasteiger partial charge in [-0.25, -0.2) is 0 Å². The summed E-state index contributed by atoms with van der Waals surface area (Å²) in [5.41, 5.74) is 6.22. The Balaban J connectivity index is 1.11. The van der Waals surface area contributed by atoms with E-state index in [0.717, 1.165) is 89.0 Å². The zero-order chi connectivity index (χ0) is 27.0. The molecule has 0 radical (unpaired) electrons. The number of hydrogen-bond donors (Lipinski definition) is 3. The summed E-state index contributed by atoms with van der Waals surface area (Å²) >= 11 is 0. The minimum Gasteiger partial charge on any atom is -0.382 e. The molecule has 0 bridgehead atoms. The Morgan fingerprint density at radius 1 is 0.425 bits per heavy atom. The van der Waals surface area contributed by atoms with Crippen LogP contribution in [0.1, 0.15) is 0 Å². The van der Waals surface area contributed by atoms with Gasteiger partial charge in [0.1, 0.15) is 0 Å².